The summed E-state index contributed by atoms with van der Waals surface area (Å²) in [5.74, 6) is 3.07. The Labute approximate surface area is 103 Å². The van der Waals surface area contributed by atoms with Crippen LogP contribution in [0.15, 0.2) is 0 Å². The van der Waals surface area contributed by atoms with Gasteiger partial charge in [-0.1, -0.05) is 0 Å². The molecule has 4 saturated carbocycles. The average Bonchev–Trinajstić information content (AvgIpc) is 2.24. The highest BCUT2D eigenvalue weighted by molar-refractivity contribution is 5.66. The van der Waals surface area contributed by atoms with Gasteiger partial charge in [0, 0.05) is 12.6 Å². The Kier molecular flexibility index (Phi) is 2.89. The van der Waals surface area contributed by atoms with Gasteiger partial charge in [0.25, 0.3) is 0 Å². The van der Waals surface area contributed by atoms with Gasteiger partial charge in [0.15, 0.2) is 0 Å². The summed E-state index contributed by atoms with van der Waals surface area (Å²) >= 11 is 0. The molecule has 0 amide bonds. The van der Waals surface area contributed by atoms with Crippen molar-refractivity contribution in [3.8, 4) is 0 Å². The zero-order valence-corrected chi connectivity index (χ0v) is 10.6. The zero-order valence-electron chi connectivity index (χ0n) is 10.6. The molecule has 0 heterocycles. The normalized spacial score (nSPS) is 43.3. The molecule has 0 saturated heterocycles. The van der Waals surface area contributed by atoms with Gasteiger partial charge in [-0.25, -0.2) is 0 Å². The summed E-state index contributed by atoms with van der Waals surface area (Å²) in [6.45, 7) is 0.725. The van der Waals surface area contributed by atoms with Gasteiger partial charge in [-0.3, -0.25) is 4.79 Å². The van der Waals surface area contributed by atoms with Gasteiger partial charge in [-0.15, -0.1) is 0 Å². The van der Waals surface area contributed by atoms with Crippen LogP contribution in [0, 0.1) is 23.7 Å². The lowest BCUT2D eigenvalue weighted by Crippen LogP contribution is -2.55. The number of carboxylic acids is 1. The summed E-state index contributed by atoms with van der Waals surface area (Å²) in [5.41, 5.74) is 0. The van der Waals surface area contributed by atoms with Crippen LogP contribution in [0.2, 0.25) is 0 Å². The Hall–Kier alpha value is -0.570. The molecule has 4 aliphatic carbocycles. The minimum Gasteiger partial charge on any atom is -0.481 e. The Morgan fingerprint density at radius 3 is 2.12 bits per heavy atom. The number of carboxylic acid groups (broad SMARTS) is 1. The van der Waals surface area contributed by atoms with E-state index in [2.05, 4.69) is 11.9 Å². The third-order valence-electron chi connectivity index (χ3n) is 5.36. The molecule has 0 atom stereocenters. The fourth-order valence-electron chi connectivity index (χ4n) is 5.04. The van der Waals surface area contributed by atoms with Crippen LogP contribution in [0.5, 0.6) is 0 Å². The first kappa shape index (κ1) is 11.5. The first-order valence-corrected chi connectivity index (χ1v) is 7.05. The Morgan fingerprint density at radius 1 is 1.12 bits per heavy atom. The molecule has 0 radical (unpaired) electrons. The largest absolute Gasteiger partial charge is 0.481 e. The summed E-state index contributed by atoms with van der Waals surface area (Å²) < 4.78 is 0. The Morgan fingerprint density at radius 2 is 1.65 bits per heavy atom. The maximum absolute atomic E-state index is 10.7. The molecule has 1 N–H and O–H groups in total. The topological polar surface area (TPSA) is 40.5 Å². The van der Waals surface area contributed by atoms with E-state index in [1.54, 1.807) is 0 Å². The van der Waals surface area contributed by atoms with Gasteiger partial charge >= 0.3 is 5.97 Å². The van der Waals surface area contributed by atoms with Crippen molar-refractivity contribution in [2.75, 3.05) is 13.6 Å². The molecular weight excluding hydrogens is 214 g/mol. The quantitative estimate of drug-likeness (QED) is 0.815. The van der Waals surface area contributed by atoms with E-state index in [-0.39, 0.29) is 0 Å². The van der Waals surface area contributed by atoms with E-state index in [4.69, 9.17) is 5.11 Å². The van der Waals surface area contributed by atoms with Crippen molar-refractivity contribution in [3.63, 3.8) is 0 Å². The molecule has 0 spiro atoms. The van der Waals surface area contributed by atoms with E-state index in [9.17, 15) is 4.79 Å². The second kappa shape index (κ2) is 4.27. The van der Waals surface area contributed by atoms with Gasteiger partial charge in [-0.05, 0) is 62.8 Å². The summed E-state index contributed by atoms with van der Waals surface area (Å²) in [7, 11) is 2.13. The number of aliphatic carboxylic acids is 1. The number of hydrogen-bond acceptors (Lipinski definition) is 2. The molecule has 0 aromatic rings. The fraction of sp³-hybridized carbons (Fsp3) is 0.929. The monoisotopic (exact) mass is 237 g/mol. The molecule has 0 aliphatic heterocycles. The van der Waals surface area contributed by atoms with Gasteiger partial charge in [0.05, 0.1) is 6.42 Å². The third-order valence-corrected chi connectivity index (χ3v) is 5.36. The Bertz CT molecular complexity index is 287. The van der Waals surface area contributed by atoms with Crippen LogP contribution in [0.25, 0.3) is 0 Å². The summed E-state index contributed by atoms with van der Waals surface area (Å²) in [6.07, 6.45) is 7.42. The van der Waals surface area contributed by atoms with Crippen molar-refractivity contribution >= 4 is 5.97 Å². The first-order valence-electron chi connectivity index (χ1n) is 7.05. The van der Waals surface area contributed by atoms with Crippen LogP contribution in [0.3, 0.4) is 0 Å². The number of nitrogens with zero attached hydrogens (tertiary/aromatic N) is 1. The molecule has 96 valence electrons. The Balaban J connectivity index is 1.65. The molecule has 4 fully saturated rings. The second-order valence-corrected chi connectivity index (χ2v) is 6.55. The summed E-state index contributed by atoms with van der Waals surface area (Å²) in [6, 6.07) is 0.683. The molecule has 17 heavy (non-hydrogen) atoms. The van der Waals surface area contributed by atoms with E-state index in [1.807, 2.05) is 0 Å². The van der Waals surface area contributed by atoms with Crippen LogP contribution in [-0.2, 0) is 4.79 Å². The predicted molar refractivity (Wildman–Crippen MR) is 65.7 cm³/mol. The maximum Gasteiger partial charge on any atom is 0.304 e. The van der Waals surface area contributed by atoms with Gasteiger partial charge in [0.1, 0.15) is 0 Å². The highest BCUT2D eigenvalue weighted by atomic mass is 16.4. The molecule has 4 aliphatic rings. The highest BCUT2D eigenvalue weighted by Gasteiger charge is 2.49. The van der Waals surface area contributed by atoms with Crippen LogP contribution in [0.1, 0.15) is 38.5 Å². The number of hydrogen-bond donors (Lipinski definition) is 1. The summed E-state index contributed by atoms with van der Waals surface area (Å²) in [4.78, 5) is 13.0. The van der Waals surface area contributed by atoms with E-state index in [0.29, 0.717) is 12.5 Å². The average molecular weight is 237 g/mol. The van der Waals surface area contributed by atoms with E-state index >= 15 is 0 Å². The molecule has 4 bridgehead atoms. The lowest BCUT2D eigenvalue weighted by molar-refractivity contribution is -0.138. The molecule has 0 aromatic carbocycles. The fourth-order valence-corrected chi connectivity index (χ4v) is 5.04. The van der Waals surface area contributed by atoms with E-state index in [1.165, 1.54) is 32.1 Å². The smallest absolute Gasteiger partial charge is 0.304 e. The van der Waals surface area contributed by atoms with Crippen LogP contribution < -0.4 is 0 Å². The number of carbonyl (C=O) groups is 1. The van der Waals surface area contributed by atoms with Crippen molar-refractivity contribution in [2.24, 2.45) is 23.7 Å². The molecule has 0 aromatic heterocycles. The SMILES string of the molecule is CN(CCC(=O)O)C1C2CC3CC(C2)CC1C3. The molecular formula is C14H23NO2. The predicted octanol–water partition coefficient (Wildman–Crippen LogP) is 2.22. The zero-order chi connectivity index (χ0) is 12.0. The highest BCUT2D eigenvalue weighted by Crippen LogP contribution is 2.54. The lowest BCUT2D eigenvalue weighted by atomic mass is 9.54. The molecule has 0 unspecified atom stereocenters. The second-order valence-electron chi connectivity index (χ2n) is 6.55. The van der Waals surface area contributed by atoms with Crippen LogP contribution in [0.4, 0.5) is 0 Å². The molecule has 3 nitrogen and oxygen atoms in total. The van der Waals surface area contributed by atoms with Gasteiger partial charge in [0.2, 0.25) is 0 Å². The molecule has 3 heteroatoms. The summed E-state index contributed by atoms with van der Waals surface area (Å²) in [5, 5.41) is 8.79. The minimum absolute atomic E-state index is 0.291. The lowest BCUT2D eigenvalue weighted by Gasteiger charge is -2.56. The van der Waals surface area contributed by atoms with Gasteiger partial charge < -0.3 is 10.0 Å². The van der Waals surface area contributed by atoms with Crippen molar-refractivity contribution in [3.05, 3.63) is 0 Å². The van der Waals surface area contributed by atoms with Crippen molar-refractivity contribution < 1.29 is 9.90 Å². The van der Waals surface area contributed by atoms with Crippen LogP contribution >= 0.6 is 0 Å². The van der Waals surface area contributed by atoms with Crippen molar-refractivity contribution in [1.29, 1.82) is 0 Å². The van der Waals surface area contributed by atoms with Crippen molar-refractivity contribution in [2.45, 2.75) is 44.6 Å². The maximum atomic E-state index is 10.7. The minimum atomic E-state index is -0.666. The van der Waals surface area contributed by atoms with Crippen LogP contribution in [-0.4, -0.2) is 35.6 Å². The first-order chi connectivity index (χ1) is 8.13. The number of rotatable bonds is 4. The third kappa shape index (κ3) is 2.10. The van der Waals surface area contributed by atoms with E-state index < -0.39 is 5.97 Å². The van der Waals surface area contributed by atoms with Gasteiger partial charge in [-0.2, -0.15) is 0 Å². The standard InChI is InChI=1S/C14H23NO2/c1-15(3-2-13(16)17)14-11-5-9-4-10(7-11)8-12(14)6-9/h9-12,14H,2-8H2,1H3,(H,16,17). The van der Waals surface area contributed by atoms with Crippen molar-refractivity contribution in [1.82, 2.24) is 4.90 Å². The van der Waals surface area contributed by atoms with E-state index in [0.717, 1.165) is 30.2 Å². The molecule has 4 rings (SSSR count).